The van der Waals surface area contributed by atoms with Crippen LogP contribution in [-0.4, -0.2) is 30.2 Å². The first-order valence-electron chi connectivity index (χ1n) is 8.38. The van der Waals surface area contributed by atoms with Crippen LogP contribution in [0.25, 0.3) is 0 Å². The topological polar surface area (TPSA) is 79.8 Å². The van der Waals surface area contributed by atoms with Gasteiger partial charge in [-0.15, -0.1) is 0 Å². The molecule has 1 aromatic rings. The highest BCUT2D eigenvalue weighted by Crippen LogP contribution is 2.17. The van der Waals surface area contributed by atoms with Crippen LogP contribution in [0, 0.1) is 0 Å². The lowest BCUT2D eigenvalue weighted by Crippen LogP contribution is -2.38. The number of hydrogen-bond donors (Lipinski definition) is 2. The van der Waals surface area contributed by atoms with Crippen molar-refractivity contribution in [2.45, 2.75) is 52.0 Å². The molecule has 2 amide bonds. The van der Waals surface area contributed by atoms with E-state index >= 15 is 0 Å². The van der Waals surface area contributed by atoms with Gasteiger partial charge in [0.2, 0.25) is 5.91 Å². The van der Waals surface area contributed by atoms with E-state index in [1.54, 1.807) is 12.1 Å². The standard InChI is InChI=1S/C18H25N3O3/c1-13(15-8-10-17(11-9-15)19-14(2)22)21-24-12-18(23)20-16-6-4-3-5-7-16/h8-11,16H,3-7,12H2,1-2H3,(H,19,22)(H,20,23)/b21-13-. The first-order chi connectivity index (χ1) is 11.5. The smallest absolute Gasteiger partial charge is 0.260 e. The van der Waals surface area contributed by atoms with Crippen LogP contribution in [0.3, 0.4) is 0 Å². The Morgan fingerprint density at radius 3 is 2.42 bits per heavy atom. The molecule has 2 N–H and O–H groups in total. The van der Waals surface area contributed by atoms with Crippen LogP contribution in [0.2, 0.25) is 0 Å². The SMILES string of the molecule is CC(=O)Nc1ccc(/C(C)=N\OCC(=O)NC2CCCCC2)cc1. The average molecular weight is 331 g/mol. The van der Waals surface area contributed by atoms with Crippen molar-refractivity contribution in [2.24, 2.45) is 5.16 Å². The Hall–Kier alpha value is -2.37. The Labute approximate surface area is 142 Å². The fourth-order valence-corrected chi connectivity index (χ4v) is 2.75. The summed E-state index contributed by atoms with van der Waals surface area (Å²) in [5, 5.41) is 9.68. The van der Waals surface area contributed by atoms with E-state index in [0.29, 0.717) is 5.71 Å². The van der Waals surface area contributed by atoms with E-state index < -0.39 is 0 Å². The predicted octanol–water partition coefficient (Wildman–Crippen LogP) is 2.83. The van der Waals surface area contributed by atoms with Crippen LogP contribution >= 0.6 is 0 Å². The second-order valence-electron chi connectivity index (χ2n) is 6.11. The van der Waals surface area contributed by atoms with Crippen molar-refractivity contribution in [1.29, 1.82) is 0 Å². The van der Waals surface area contributed by atoms with Gasteiger partial charge in [0, 0.05) is 18.7 Å². The molecule has 24 heavy (non-hydrogen) atoms. The summed E-state index contributed by atoms with van der Waals surface area (Å²) in [5.41, 5.74) is 2.28. The van der Waals surface area contributed by atoms with Gasteiger partial charge in [0.25, 0.3) is 5.91 Å². The summed E-state index contributed by atoms with van der Waals surface area (Å²) in [6, 6.07) is 7.56. The van der Waals surface area contributed by atoms with Crippen molar-refractivity contribution < 1.29 is 14.4 Å². The Morgan fingerprint density at radius 1 is 1.12 bits per heavy atom. The van der Waals surface area contributed by atoms with Gasteiger partial charge in [-0.3, -0.25) is 9.59 Å². The second-order valence-corrected chi connectivity index (χ2v) is 6.11. The molecule has 0 radical (unpaired) electrons. The molecule has 6 nitrogen and oxygen atoms in total. The van der Waals surface area contributed by atoms with Crippen molar-refractivity contribution in [2.75, 3.05) is 11.9 Å². The maximum absolute atomic E-state index is 11.8. The van der Waals surface area contributed by atoms with Gasteiger partial charge >= 0.3 is 0 Å². The van der Waals surface area contributed by atoms with Crippen LogP contribution < -0.4 is 10.6 Å². The van der Waals surface area contributed by atoms with Crippen molar-refractivity contribution in [3.05, 3.63) is 29.8 Å². The van der Waals surface area contributed by atoms with E-state index in [9.17, 15) is 9.59 Å². The molecule has 0 aromatic heterocycles. The number of carbonyl (C=O) groups excluding carboxylic acids is 2. The molecule has 1 aromatic carbocycles. The zero-order chi connectivity index (χ0) is 17.4. The number of hydrogen-bond acceptors (Lipinski definition) is 4. The summed E-state index contributed by atoms with van der Waals surface area (Å²) in [4.78, 5) is 28.0. The molecule has 0 unspecified atom stereocenters. The zero-order valence-corrected chi connectivity index (χ0v) is 14.3. The molecule has 0 heterocycles. The van der Waals surface area contributed by atoms with Crippen molar-refractivity contribution in [3.63, 3.8) is 0 Å². The number of nitrogens with zero attached hydrogens (tertiary/aromatic N) is 1. The summed E-state index contributed by atoms with van der Waals surface area (Å²) < 4.78 is 0. The number of nitrogens with one attached hydrogen (secondary N) is 2. The monoisotopic (exact) mass is 331 g/mol. The Balaban J connectivity index is 1.78. The summed E-state index contributed by atoms with van der Waals surface area (Å²) >= 11 is 0. The van der Waals surface area contributed by atoms with Crippen LogP contribution in [0.1, 0.15) is 51.5 Å². The maximum Gasteiger partial charge on any atom is 0.260 e. The lowest BCUT2D eigenvalue weighted by molar-refractivity contribution is -0.126. The van der Waals surface area contributed by atoms with Gasteiger partial charge in [0.15, 0.2) is 6.61 Å². The van der Waals surface area contributed by atoms with E-state index in [1.807, 2.05) is 19.1 Å². The van der Waals surface area contributed by atoms with Crippen molar-refractivity contribution >= 4 is 23.2 Å². The number of oxime groups is 1. The number of rotatable bonds is 6. The van der Waals surface area contributed by atoms with Gasteiger partial charge in [-0.2, -0.15) is 0 Å². The van der Waals surface area contributed by atoms with E-state index in [1.165, 1.54) is 26.2 Å². The van der Waals surface area contributed by atoms with Gasteiger partial charge in [0.05, 0.1) is 5.71 Å². The molecule has 130 valence electrons. The Kier molecular flexibility index (Phi) is 6.78. The molecule has 0 atom stereocenters. The molecule has 0 bridgehead atoms. The molecule has 1 aliphatic carbocycles. The van der Waals surface area contributed by atoms with E-state index in [2.05, 4.69) is 15.8 Å². The maximum atomic E-state index is 11.8. The quantitative estimate of drug-likeness (QED) is 0.621. The first kappa shape index (κ1) is 18.0. The van der Waals surface area contributed by atoms with Gasteiger partial charge in [-0.1, -0.05) is 36.6 Å². The first-order valence-corrected chi connectivity index (χ1v) is 8.38. The van der Waals surface area contributed by atoms with E-state index in [4.69, 9.17) is 4.84 Å². The Bertz CT molecular complexity index is 590. The third-order valence-corrected chi connectivity index (χ3v) is 3.99. The molecule has 0 saturated heterocycles. The molecule has 6 heteroatoms. The fourth-order valence-electron chi connectivity index (χ4n) is 2.75. The van der Waals surface area contributed by atoms with Gasteiger partial charge < -0.3 is 15.5 Å². The van der Waals surface area contributed by atoms with Crippen LogP contribution in [0.4, 0.5) is 5.69 Å². The minimum atomic E-state index is -0.126. The summed E-state index contributed by atoms with van der Waals surface area (Å²) in [5.74, 6) is -0.236. The van der Waals surface area contributed by atoms with Gasteiger partial charge in [-0.05, 0) is 37.5 Å². The largest absolute Gasteiger partial charge is 0.385 e. The lowest BCUT2D eigenvalue weighted by atomic mass is 9.95. The van der Waals surface area contributed by atoms with Gasteiger partial charge in [0.1, 0.15) is 0 Å². The fraction of sp³-hybridized carbons (Fsp3) is 0.500. The minimum Gasteiger partial charge on any atom is -0.385 e. The second kappa shape index (κ2) is 9.05. The molecule has 1 fully saturated rings. The normalized spacial score (nSPS) is 15.7. The van der Waals surface area contributed by atoms with Crippen LogP contribution in [0.15, 0.2) is 29.4 Å². The zero-order valence-electron chi connectivity index (χ0n) is 14.3. The predicted molar refractivity (Wildman–Crippen MR) is 93.9 cm³/mol. The molecule has 0 aliphatic heterocycles. The summed E-state index contributed by atoms with van der Waals surface area (Å²) in [7, 11) is 0. The van der Waals surface area contributed by atoms with Crippen LogP contribution in [-0.2, 0) is 14.4 Å². The summed E-state index contributed by atoms with van der Waals surface area (Å²) in [6.45, 7) is 3.21. The number of carbonyl (C=O) groups is 2. The van der Waals surface area contributed by atoms with Crippen molar-refractivity contribution in [3.8, 4) is 0 Å². The highest BCUT2D eigenvalue weighted by atomic mass is 16.6. The highest BCUT2D eigenvalue weighted by Gasteiger charge is 2.15. The van der Waals surface area contributed by atoms with Gasteiger partial charge in [-0.25, -0.2) is 0 Å². The third-order valence-electron chi connectivity index (χ3n) is 3.99. The molecular formula is C18H25N3O3. The van der Waals surface area contributed by atoms with E-state index in [0.717, 1.165) is 24.1 Å². The average Bonchev–Trinajstić information content (AvgIpc) is 2.55. The molecule has 0 spiro atoms. The molecule has 1 saturated carbocycles. The Morgan fingerprint density at radius 2 is 1.79 bits per heavy atom. The molecule has 2 rings (SSSR count). The lowest BCUT2D eigenvalue weighted by Gasteiger charge is -2.22. The minimum absolute atomic E-state index is 0.0716. The number of anilines is 1. The van der Waals surface area contributed by atoms with E-state index in [-0.39, 0.29) is 24.5 Å². The number of amides is 2. The number of benzene rings is 1. The van der Waals surface area contributed by atoms with Crippen LogP contribution in [0.5, 0.6) is 0 Å². The molecular weight excluding hydrogens is 306 g/mol. The highest BCUT2D eigenvalue weighted by molar-refractivity contribution is 5.99. The van der Waals surface area contributed by atoms with Crippen molar-refractivity contribution in [1.82, 2.24) is 5.32 Å². The molecule has 1 aliphatic rings. The third kappa shape index (κ3) is 6.02. The summed E-state index contributed by atoms with van der Waals surface area (Å²) in [6.07, 6.45) is 5.71.